The molecule has 22 heavy (non-hydrogen) atoms. The molecule has 4 rings (SSSR count). The van der Waals surface area contributed by atoms with Crippen molar-refractivity contribution in [3.05, 3.63) is 73.4 Å². The van der Waals surface area contributed by atoms with Gasteiger partial charge in [0.2, 0.25) is 0 Å². The zero-order valence-corrected chi connectivity index (χ0v) is 11.7. The van der Waals surface area contributed by atoms with Crippen LogP contribution in [0.15, 0.2) is 73.4 Å². The van der Waals surface area contributed by atoms with Gasteiger partial charge in [0.1, 0.15) is 12.7 Å². The van der Waals surface area contributed by atoms with Gasteiger partial charge in [-0.3, -0.25) is 4.98 Å². The third kappa shape index (κ3) is 2.20. The molecule has 0 radical (unpaired) electrons. The molecule has 0 saturated heterocycles. The molecule has 2 heterocycles. The molecular formula is C18H12N4. The lowest BCUT2D eigenvalue weighted by Crippen LogP contribution is -1.90. The van der Waals surface area contributed by atoms with Crippen molar-refractivity contribution in [3.8, 4) is 22.6 Å². The Kier molecular flexibility index (Phi) is 3.05. The minimum Gasteiger partial charge on any atom is -0.256 e. The van der Waals surface area contributed by atoms with Gasteiger partial charge in [-0.25, -0.2) is 15.0 Å². The molecular weight excluding hydrogens is 272 g/mol. The van der Waals surface area contributed by atoms with Gasteiger partial charge in [0, 0.05) is 22.7 Å². The van der Waals surface area contributed by atoms with E-state index < -0.39 is 0 Å². The highest BCUT2D eigenvalue weighted by molar-refractivity contribution is 5.94. The molecule has 2 aromatic heterocycles. The Labute approximate surface area is 127 Å². The van der Waals surface area contributed by atoms with Gasteiger partial charge in [-0.1, -0.05) is 42.5 Å². The molecule has 4 heteroatoms. The summed E-state index contributed by atoms with van der Waals surface area (Å²) in [4.78, 5) is 16.8. The molecule has 0 N–H and O–H groups in total. The number of hydrogen-bond donors (Lipinski definition) is 0. The van der Waals surface area contributed by atoms with Crippen LogP contribution in [0.3, 0.4) is 0 Å². The summed E-state index contributed by atoms with van der Waals surface area (Å²) < 4.78 is 0. The zero-order chi connectivity index (χ0) is 14.8. The maximum absolute atomic E-state index is 4.56. The summed E-state index contributed by atoms with van der Waals surface area (Å²) in [6.07, 6.45) is 4.85. The Balaban J connectivity index is 1.89. The van der Waals surface area contributed by atoms with Crippen molar-refractivity contribution in [1.82, 2.24) is 19.9 Å². The van der Waals surface area contributed by atoms with E-state index in [0.717, 1.165) is 22.2 Å². The molecule has 0 unspecified atom stereocenters. The second-order valence-corrected chi connectivity index (χ2v) is 4.92. The van der Waals surface area contributed by atoms with Gasteiger partial charge in [-0.05, 0) is 17.5 Å². The molecule has 0 aliphatic heterocycles. The summed E-state index contributed by atoms with van der Waals surface area (Å²) in [6.45, 7) is 0. The molecule has 2 aromatic carbocycles. The number of benzene rings is 2. The summed E-state index contributed by atoms with van der Waals surface area (Å²) >= 11 is 0. The fraction of sp³-hybridized carbons (Fsp3) is 0. The SMILES string of the molecule is c1cc(-c2ncncn2)cc(-c2nccc3ccccc23)c1. The van der Waals surface area contributed by atoms with Crippen molar-refractivity contribution in [2.24, 2.45) is 0 Å². The van der Waals surface area contributed by atoms with E-state index in [1.807, 2.05) is 36.5 Å². The van der Waals surface area contributed by atoms with E-state index >= 15 is 0 Å². The minimum absolute atomic E-state index is 0.664. The van der Waals surface area contributed by atoms with Gasteiger partial charge in [0.05, 0.1) is 5.69 Å². The van der Waals surface area contributed by atoms with Gasteiger partial charge in [-0.15, -0.1) is 0 Å². The number of rotatable bonds is 2. The highest BCUT2D eigenvalue weighted by atomic mass is 15.0. The van der Waals surface area contributed by atoms with Crippen LogP contribution >= 0.6 is 0 Å². The van der Waals surface area contributed by atoms with Gasteiger partial charge in [0.25, 0.3) is 0 Å². The maximum Gasteiger partial charge on any atom is 0.162 e. The molecule has 0 aliphatic carbocycles. The van der Waals surface area contributed by atoms with Gasteiger partial charge in [0.15, 0.2) is 5.82 Å². The summed E-state index contributed by atoms with van der Waals surface area (Å²) in [5.74, 6) is 0.664. The first-order valence-electron chi connectivity index (χ1n) is 6.98. The van der Waals surface area contributed by atoms with Crippen LogP contribution in [0.1, 0.15) is 0 Å². The zero-order valence-electron chi connectivity index (χ0n) is 11.7. The van der Waals surface area contributed by atoms with E-state index in [1.54, 1.807) is 0 Å². The summed E-state index contributed by atoms with van der Waals surface area (Å²) in [7, 11) is 0. The van der Waals surface area contributed by atoms with Crippen molar-refractivity contribution in [2.45, 2.75) is 0 Å². The molecule has 4 nitrogen and oxygen atoms in total. The number of aromatic nitrogens is 4. The molecule has 0 aliphatic rings. The molecule has 0 fully saturated rings. The van der Waals surface area contributed by atoms with E-state index in [4.69, 9.17) is 0 Å². The largest absolute Gasteiger partial charge is 0.256 e. The summed E-state index contributed by atoms with van der Waals surface area (Å²) in [5.41, 5.74) is 2.97. The van der Waals surface area contributed by atoms with E-state index in [0.29, 0.717) is 5.82 Å². The Bertz CT molecular complexity index is 930. The van der Waals surface area contributed by atoms with Gasteiger partial charge in [-0.2, -0.15) is 0 Å². The second kappa shape index (κ2) is 5.33. The van der Waals surface area contributed by atoms with Gasteiger partial charge < -0.3 is 0 Å². The fourth-order valence-electron chi connectivity index (χ4n) is 2.54. The highest BCUT2D eigenvalue weighted by Gasteiger charge is 2.07. The Morgan fingerprint density at radius 2 is 1.50 bits per heavy atom. The number of fused-ring (bicyclic) bond motifs is 1. The van der Waals surface area contributed by atoms with Crippen LogP contribution in [-0.4, -0.2) is 19.9 Å². The van der Waals surface area contributed by atoms with Crippen molar-refractivity contribution >= 4 is 10.8 Å². The summed E-state index contributed by atoms with van der Waals surface area (Å²) in [6, 6.07) is 18.4. The smallest absolute Gasteiger partial charge is 0.162 e. The average Bonchev–Trinajstić information content (AvgIpc) is 2.62. The van der Waals surface area contributed by atoms with Gasteiger partial charge >= 0.3 is 0 Å². The van der Waals surface area contributed by atoms with E-state index in [-0.39, 0.29) is 0 Å². The maximum atomic E-state index is 4.56. The summed E-state index contributed by atoms with van der Waals surface area (Å²) in [5, 5.41) is 2.32. The van der Waals surface area contributed by atoms with E-state index in [1.165, 1.54) is 18.0 Å². The molecule has 0 amide bonds. The second-order valence-electron chi connectivity index (χ2n) is 4.92. The van der Waals surface area contributed by atoms with Crippen molar-refractivity contribution < 1.29 is 0 Å². The third-order valence-electron chi connectivity index (χ3n) is 3.56. The fourth-order valence-corrected chi connectivity index (χ4v) is 2.54. The molecule has 4 aromatic rings. The van der Waals surface area contributed by atoms with Crippen molar-refractivity contribution in [3.63, 3.8) is 0 Å². The molecule has 0 spiro atoms. The Hall–Kier alpha value is -3.14. The first-order valence-corrected chi connectivity index (χ1v) is 6.98. The van der Waals surface area contributed by atoms with Crippen LogP contribution in [0.5, 0.6) is 0 Å². The van der Waals surface area contributed by atoms with E-state index in [9.17, 15) is 0 Å². The standard InChI is InChI=1S/C18H12N4/c1-2-7-16-13(4-1)8-9-20-17(16)14-5-3-6-15(10-14)18-21-11-19-12-22-18/h1-12H. The molecule has 104 valence electrons. The lowest BCUT2D eigenvalue weighted by molar-refractivity contribution is 1.06. The lowest BCUT2D eigenvalue weighted by Gasteiger charge is -2.07. The number of nitrogens with zero attached hydrogens (tertiary/aromatic N) is 4. The third-order valence-corrected chi connectivity index (χ3v) is 3.56. The van der Waals surface area contributed by atoms with Crippen molar-refractivity contribution in [2.75, 3.05) is 0 Å². The monoisotopic (exact) mass is 284 g/mol. The minimum atomic E-state index is 0.664. The first-order chi connectivity index (χ1) is 10.9. The van der Waals surface area contributed by atoms with Crippen LogP contribution in [-0.2, 0) is 0 Å². The van der Waals surface area contributed by atoms with E-state index in [2.05, 4.69) is 44.2 Å². The number of hydrogen-bond acceptors (Lipinski definition) is 4. The predicted molar refractivity (Wildman–Crippen MR) is 86.0 cm³/mol. The van der Waals surface area contributed by atoms with Crippen LogP contribution < -0.4 is 0 Å². The first kappa shape index (κ1) is 12.6. The lowest BCUT2D eigenvalue weighted by atomic mass is 10.0. The number of pyridine rings is 1. The molecule has 0 saturated carbocycles. The van der Waals surface area contributed by atoms with Crippen LogP contribution in [0.25, 0.3) is 33.4 Å². The molecule has 0 bridgehead atoms. The Morgan fingerprint density at radius 3 is 2.41 bits per heavy atom. The average molecular weight is 284 g/mol. The highest BCUT2D eigenvalue weighted by Crippen LogP contribution is 2.28. The van der Waals surface area contributed by atoms with Crippen LogP contribution in [0.4, 0.5) is 0 Å². The molecule has 0 atom stereocenters. The van der Waals surface area contributed by atoms with Crippen LogP contribution in [0, 0.1) is 0 Å². The Morgan fingerprint density at radius 1 is 0.682 bits per heavy atom. The topological polar surface area (TPSA) is 51.6 Å². The quantitative estimate of drug-likeness (QED) is 0.562. The predicted octanol–water partition coefficient (Wildman–Crippen LogP) is 3.75. The normalized spacial score (nSPS) is 10.7. The van der Waals surface area contributed by atoms with Crippen molar-refractivity contribution in [1.29, 1.82) is 0 Å². The van der Waals surface area contributed by atoms with Crippen LogP contribution in [0.2, 0.25) is 0 Å².